The standard InChI is InChI=1S/C14H17FN2/c1-10(2)8-17-14(9-16)7-6-11-12(14)4-3-5-13(11)15/h3-5,10,17H,6-8H2,1-2H3. The van der Waals surface area contributed by atoms with Crippen molar-refractivity contribution in [3.8, 4) is 6.07 Å². The van der Waals surface area contributed by atoms with E-state index in [1.165, 1.54) is 6.07 Å². The lowest BCUT2D eigenvalue weighted by atomic mass is 9.93. The minimum absolute atomic E-state index is 0.189. The molecule has 0 bridgehead atoms. The van der Waals surface area contributed by atoms with Crippen LogP contribution < -0.4 is 5.32 Å². The number of halogens is 1. The zero-order chi connectivity index (χ0) is 12.5. The molecule has 0 aromatic heterocycles. The lowest BCUT2D eigenvalue weighted by molar-refractivity contribution is 0.393. The Kier molecular flexibility index (Phi) is 3.17. The van der Waals surface area contributed by atoms with E-state index in [1.54, 1.807) is 6.07 Å². The zero-order valence-corrected chi connectivity index (χ0v) is 10.3. The van der Waals surface area contributed by atoms with E-state index in [0.29, 0.717) is 24.3 Å². The van der Waals surface area contributed by atoms with Gasteiger partial charge in [-0.2, -0.15) is 5.26 Å². The second kappa shape index (κ2) is 4.46. The molecule has 2 rings (SSSR count). The summed E-state index contributed by atoms with van der Waals surface area (Å²) in [6.45, 7) is 4.96. The van der Waals surface area contributed by atoms with E-state index in [-0.39, 0.29) is 5.82 Å². The Morgan fingerprint density at radius 2 is 2.29 bits per heavy atom. The number of rotatable bonds is 3. The molecule has 2 nitrogen and oxygen atoms in total. The number of nitriles is 1. The molecule has 1 aromatic carbocycles. The van der Waals surface area contributed by atoms with Crippen molar-refractivity contribution >= 4 is 0 Å². The Balaban J connectivity index is 2.35. The third-order valence-corrected chi connectivity index (χ3v) is 3.33. The molecule has 0 heterocycles. The van der Waals surface area contributed by atoms with Gasteiger partial charge in [-0.25, -0.2) is 4.39 Å². The van der Waals surface area contributed by atoms with Crippen molar-refractivity contribution < 1.29 is 4.39 Å². The van der Waals surface area contributed by atoms with Crippen molar-refractivity contribution in [2.45, 2.75) is 32.2 Å². The molecular formula is C14H17FN2. The van der Waals surface area contributed by atoms with Crippen LogP contribution in [0, 0.1) is 23.1 Å². The molecule has 90 valence electrons. The fraction of sp³-hybridized carbons (Fsp3) is 0.500. The van der Waals surface area contributed by atoms with Crippen LogP contribution in [0.3, 0.4) is 0 Å². The lowest BCUT2D eigenvalue weighted by Gasteiger charge is -2.25. The number of nitrogens with one attached hydrogen (secondary N) is 1. The molecule has 1 aromatic rings. The summed E-state index contributed by atoms with van der Waals surface area (Å²) in [5, 5.41) is 12.7. The predicted octanol–water partition coefficient (Wildman–Crippen LogP) is 2.74. The van der Waals surface area contributed by atoms with Gasteiger partial charge in [-0.05, 0) is 42.5 Å². The normalized spacial score (nSPS) is 22.5. The number of fused-ring (bicyclic) bond motifs is 1. The van der Waals surface area contributed by atoms with Crippen LogP contribution in [0.5, 0.6) is 0 Å². The molecule has 1 aliphatic carbocycles. The topological polar surface area (TPSA) is 35.8 Å². The van der Waals surface area contributed by atoms with E-state index in [9.17, 15) is 9.65 Å². The van der Waals surface area contributed by atoms with E-state index in [0.717, 1.165) is 12.1 Å². The van der Waals surface area contributed by atoms with Gasteiger partial charge in [0.25, 0.3) is 0 Å². The van der Waals surface area contributed by atoms with Gasteiger partial charge in [0, 0.05) is 0 Å². The van der Waals surface area contributed by atoms with Gasteiger partial charge in [0.15, 0.2) is 0 Å². The largest absolute Gasteiger partial charge is 0.295 e. The van der Waals surface area contributed by atoms with Gasteiger partial charge < -0.3 is 0 Å². The van der Waals surface area contributed by atoms with Gasteiger partial charge in [0.1, 0.15) is 11.4 Å². The van der Waals surface area contributed by atoms with Gasteiger partial charge in [-0.15, -0.1) is 0 Å². The van der Waals surface area contributed by atoms with E-state index < -0.39 is 5.54 Å². The van der Waals surface area contributed by atoms with Crippen LogP contribution in [0.15, 0.2) is 18.2 Å². The second-order valence-corrected chi connectivity index (χ2v) is 5.06. The summed E-state index contributed by atoms with van der Waals surface area (Å²) in [5.74, 6) is 0.281. The van der Waals surface area contributed by atoms with Crippen molar-refractivity contribution in [3.63, 3.8) is 0 Å². The molecule has 1 N–H and O–H groups in total. The van der Waals surface area contributed by atoms with Crippen LogP contribution in [0.4, 0.5) is 4.39 Å². The van der Waals surface area contributed by atoms with Crippen LogP contribution in [0.2, 0.25) is 0 Å². The quantitative estimate of drug-likeness (QED) is 0.869. The number of hydrogen-bond acceptors (Lipinski definition) is 2. The average molecular weight is 232 g/mol. The highest BCUT2D eigenvalue weighted by atomic mass is 19.1. The molecule has 1 unspecified atom stereocenters. The van der Waals surface area contributed by atoms with Crippen LogP contribution in [0.25, 0.3) is 0 Å². The van der Waals surface area contributed by atoms with Crippen molar-refractivity contribution in [2.75, 3.05) is 6.54 Å². The van der Waals surface area contributed by atoms with E-state index in [2.05, 4.69) is 25.2 Å². The zero-order valence-electron chi connectivity index (χ0n) is 10.3. The first-order chi connectivity index (χ1) is 8.09. The van der Waals surface area contributed by atoms with Crippen LogP contribution in [0.1, 0.15) is 31.4 Å². The molecule has 1 atom stereocenters. The summed E-state index contributed by atoms with van der Waals surface area (Å²) in [6.07, 6.45) is 1.30. The molecule has 0 radical (unpaired) electrons. The second-order valence-electron chi connectivity index (χ2n) is 5.06. The molecule has 0 saturated heterocycles. The molecule has 3 heteroatoms. The minimum atomic E-state index is -0.693. The summed E-state index contributed by atoms with van der Waals surface area (Å²) in [4.78, 5) is 0. The Labute approximate surface area is 101 Å². The molecule has 0 saturated carbocycles. The molecular weight excluding hydrogens is 215 g/mol. The molecule has 1 aliphatic rings. The highest BCUT2D eigenvalue weighted by Crippen LogP contribution is 2.37. The third kappa shape index (κ3) is 2.05. The van der Waals surface area contributed by atoms with E-state index in [1.807, 2.05) is 6.07 Å². The smallest absolute Gasteiger partial charge is 0.132 e. The van der Waals surface area contributed by atoms with Crippen molar-refractivity contribution in [1.82, 2.24) is 5.32 Å². The van der Waals surface area contributed by atoms with Crippen LogP contribution in [-0.2, 0) is 12.0 Å². The maximum Gasteiger partial charge on any atom is 0.132 e. The molecule has 0 aliphatic heterocycles. The summed E-state index contributed by atoms with van der Waals surface area (Å²) in [5.41, 5.74) is 0.827. The fourth-order valence-corrected chi connectivity index (χ4v) is 2.38. The highest BCUT2D eigenvalue weighted by Gasteiger charge is 2.39. The fourth-order valence-electron chi connectivity index (χ4n) is 2.38. The predicted molar refractivity (Wildman–Crippen MR) is 64.9 cm³/mol. The van der Waals surface area contributed by atoms with Gasteiger partial charge in [-0.1, -0.05) is 26.0 Å². The summed E-state index contributed by atoms with van der Waals surface area (Å²) in [7, 11) is 0. The Morgan fingerprint density at radius 3 is 2.94 bits per heavy atom. The monoisotopic (exact) mass is 232 g/mol. The Bertz CT molecular complexity index is 462. The summed E-state index contributed by atoms with van der Waals surface area (Å²) >= 11 is 0. The maximum atomic E-state index is 13.6. The molecule has 0 amide bonds. The molecule has 0 spiro atoms. The summed E-state index contributed by atoms with van der Waals surface area (Å²) < 4.78 is 13.6. The number of benzene rings is 1. The average Bonchev–Trinajstić information content (AvgIpc) is 2.68. The number of nitrogens with zero attached hydrogens (tertiary/aromatic N) is 1. The van der Waals surface area contributed by atoms with Crippen LogP contribution >= 0.6 is 0 Å². The van der Waals surface area contributed by atoms with Gasteiger partial charge in [0.2, 0.25) is 0 Å². The first kappa shape index (κ1) is 12.1. The Hall–Kier alpha value is -1.40. The SMILES string of the molecule is CC(C)CNC1(C#N)CCc2c(F)cccc21. The first-order valence-electron chi connectivity index (χ1n) is 6.03. The highest BCUT2D eigenvalue weighted by molar-refractivity contribution is 5.44. The third-order valence-electron chi connectivity index (χ3n) is 3.33. The van der Waals surface area contributed by atoms with E-state index >= 15 is 0 Å². The van der Waals surface area contributed by atoms with Gasteiger partial charge in [0.05, 0.1) is 6.07 Å². The maximum absolute atomic E-state index is 13.6. The lowest BCUT2D eigenvalue weighted by Crippen LogP contribution is -2.41. The summed E-state index contributed by atoms with van der Waals surface area (Å²) in [6, 6.07) is 7.35. The van der Waals surface area contributed by atoms with Gasteiger partial charge >= 0.3 is 0 Å². The number of hydrogen-bond donors (Lipinski definition) is 1. The van der Waals surface area contributed by atoms with Crippen molar-refractivity contribution in [1.29, 1.82) is 5.26 Å². The first-order valence-corrected chi connectivity index (χ1v) is 6.03. The van der Waals surface area contributed by atoms with E-state index in [4.69, 9.17) is 0 Å². The van der Waals surface area contributed by atoms with Crippen LogP contribution in [-0.4, -0.2) is 6.54 Å². The molecule has 0 fully saturated rings. The molecule has 17 heavy (non-hydrogen) atoms. The van der Waals surface area contributed by atoms with Crippen molar-refractivity contribution in [2.24, 2.45) is 5.92 Å². The van der Waals surface area contributed by atoms with Crippen molar-refractivity contribution in [3.05, 3.63) is 35.1 Å². The Morgan fingerprint density at radius 1 is 1.53 bits per heavy atom. The minimum Gasteiger partial charge on any atom is -0.295 e. The van der Waals surface area contributed by atoms with Gasteiger partial charge in [-0.3, -0.25) is 5.32 Å².